The van der Waals surface area contributed by atoms with Gasteiger partial charge in [0, 0.05) is 11.8 Å². The molecule has 0 aliphatic carbocycles. The molecule has 0 aliphatic heterocycles. The zero-order valence-corrected chi connectivity index (χ0v) is 6.57. The molecule has 0 unspecified atom stereocenters. The molecule has 1 N–H and O–H groups in total. The molecular formula is C7H5ClN2O. The number of hydrogen-bond donors (Lipinski definition) is 1. The molecule has 0 fully saturated rings. The smallest absolute Gasteiger partial charge is 0.252 e. The number of H-pyrrole nitrogens is 1. The minimum Gasteiger partial charge on any atom is -0.327 e. The summed E-state index contributed by atoms with van der Waals surface area (Å²) < 4.78 is 0. The van der Waals surface area contributed by atoms with E-state index in [1.54, 1.807) is 6.92 Å². The molecule has 0 aliphatic rings. The molecular weight excluding hydrogens is 164 g/mol. The number of pyridine rings is 1. The number of halogens is 1. The molecule has 11 heavy (non-hydrogen) atoms. The van der Waals surface area contributed by atoms with Crippen LogP contribution in [0.4, 0.5) is 0 Å². The van der Waals surface area contributed by atoms with Crippen molar-refractivity contribution < 1.29 is 0 Å². The van der Waals surface area contributed by atoms with Crippen LogP contribution in [0.2, 0.25) is 5.02 Å². The Hall–Kier alpha value is -1.27. The third kappa shape index (κ3) is 1.26. The lowest BCUT2D eigenvalue weighted by atomic mass is 10.2. The van der Waals surface area contributed by atoms with Crippen LogP contribution in [0.1, 0.15) is 11.1 Å². The molecule has 0 aromatic carbocycles. The molecule has 0 spiro atoms. The lowest BCUT2D eigenvalue weighted by molar-refractivity contribution is 1.17. The van der Waals surface area contributed by atoms with Gasteiger partial charge in [0.15, 0.2) is 0 Å². The molecule has 0 atom stereocenters. The van der Waals surface area contributed by atoms with E-state index in [1.165, 1.54) is 6.20 Å². The Morgan fingerprint density at radius 3 is 2.82 bits per heavy atom. The van der Waals surface area contributed by atoms with Crippen molar-refractivity contribution in [1.82, 2.24) is 4.98 Å². The van der Waals surface area contributed by atoms with Crippen LogP contribution in [0.25, 0.3) is 0 Å². The number of aromatic nitrogens is 1. The van der Waals surface area contributed by atoms with Crippen molar-refractivity contribution in [2.24, 2.45) is 0 Å². The molecule has 3 nitrogen and oxygen atoms in total. The third-order valence-electron chi connectivity index (χ3n) is 1.40. The van der Waals surface area contributed by atoms with Crippen molar-refractivity contribution in [3.63, 3.8) is 0 Å². The largest absolute Gasteiger partial charge is 0.327 e. The van der Waals surface area contributed by atoms with Gasteiger partial charge in [0.05, 0.1) is 10.6 Å². The predicted molar refractivity (Wildman–Crippen MR) is 41.5 cm³/mol. The molecule has 56 valence electrons. The highest BCUT2D eigenvalue weighted by atomic mass is 35.5. The molecule has 0 radical (unpaired) electrons. The van der Waals surface area contributed by atoms with E-state index in [9.17, 15) is 4.79 Å². The molecule has 0 bridgehead atoms. The fourth-order valence-corrected chi connectivity index (χ4v) is 0.978. The summed E-state index contributed by atoms with van der Waals surface area (Å²) in [5, 5.41) is 8.82. The second-order valence-electron chi connectivity index (χ2n) is 2.08. The van der Waals surface area contributed by atoms with Crippen LogP contribution in [0.5, 0.6) is 0 Å². The molecule has 1 rings (SSSR count). The fraction of sp³-hybridized carbons (Fsp3) is 0.143. The highest BCUT2D eigenvalue weighted by Crippen LogP contribution is 2.13. The average molecular weight is 169 g/mol. The van der Waals surface area contributed by atoms with Crippen LogP contribution < -0.4 is 5.56 Å². The second-order valence-corrected chi connectivity index (χ2v) is 2.48. The first-order valence-corrected chi connectivity index (χ1v) is 3.32. The summed E-state index contributed by atoms with van der Waals surface area (Å²) in [4.78, 5) is 13.3. The van der Waals surface area contributed by atoms with Crippen LogP contribution in [0, 0.1) is 18.3 Å². The number of nitriles is 1. The molecule has 0 saturated heterocycles. The minimum atomic E-state index is -0.272. The standard InChI is InChI=1S/C7H5ClN2O/c1-4-5(2-9)6(8)3-10-7(4)11/h3H,1H3,(H,10,11). The van der Waals surface area contributed by atoms with Crippen LogP contribution in [0.15, 0.2) is 11.0 Å². The molecule has 0 amide bonds. The third-order valence-corrected chi connectivity index (χ3v) is 1.69. The van der Waals surface area contributed by atoms with Gasteiger partial charge in [0.2, 0.25) is 0 Å². The Morgan fingerprint density at radius 2 is 2.36 bits per heavy atom. The maximum Gasteiger partial charge on any atom is 0.252 e. The number of nitrogens with zero attached hydrogens (tertiary/aromatic N) is 1. The zero-order valence-electron chi connectivity index (χ0n) is 5.81. The number of aromatic amines is 1. The van der Waals surface area contributed by atoms with Gasteiger partial charge in [0.25, 0.3) is 5.56 Å². The summed E-state index contributed by atoms with van der Waals surface area (Å²) in [5.41, 5.74) is 0.335. The van der Waals surface area contributed by atoms with Crippen molar-refractivity contribution in [3.05, 3.63) is 32.7 Å². The molecule has 1 aromatic heterocycles. The van der Waals surface area contributed by atoms with E-state index in [1.807, 2.05) is 6.07 Å². The zero-order chi connectivity index (χ0) is 8.43. The summed E-state index contributed by atoms with van der Waals surface area (Å²) in [6, 6.07) is 1.85. The predicted octanol–water partition coefficient (Wildman–Crippen LogP) is 1.21. The summed E-state index contributed by atoms with van der Waals surface area (Å²) >= 11 is 5.61. The Labute approximate surface area is 68.2 Å². The van der Waals surface area contributed by atoms with Crippen molar-refractivity contribution in [3.8, 4) is 6.07 Å². The van der Waals surface area contributed by atoms with Crippen LogP contribution in [0.3, 0.4) is 0 Å². The van der Waals surface area contributed by atoms with Gasteiger partial charge in [-0.1, -0.05) is 11.6 Å². The molecule has 1 aromatic rings. The van der Waals surface area contributed by atoms with Gasteiger partial charge < -0.3 is 4.98 Å². The first-order chi connectivity index (χ1) is 5.16. The Balaban J connectivity index is 3.57. The minimum absolute atomic E-state index is 0.246. The maximum absolute atomic E-state index is 10.9. The first-order valence-electron chi connectivity index (χ1n) is 2.94. The van der Waals surface area contributed by atoms with E-state index in [0.717, 1.165) is 0 Å². The fourth-order valence-electron chi connectivity index (χ4n) is 0.739. The van der Waals surface area contributed by atoms with Crippen molar-refractivity contribution in [2.45, 2.75) is 6.92 Å². The van der Waals surface area contributed by atoms with Gasteiger partial charge in [-0.2, -0.15) is 5.26 Å². The van der Waals surface area contributed by atoms with E-state index in [0.29, 0.717) is 5.56 Å². The maximum atomic E-state index is 10.9. The molecule has 0 saturated carbocycles. The van der Waals surface area contributed by atoms with E-state index in [4.69, 9.17) is 16.9 Å². The van der Waals surface area contributed by atoms with E-state index in [-0.39, 0.29) is 16.1 Å². The monoisotopic (exact) mass is 168 g/mol. The van der Waals surface area contributed by atoms with Gasteiger partial charge in [-0.3, -0.25) is 4.79 Å². The Bertz CT molecular complexity index is 375. The summed E-state index contributed by atoms with van der Waals surface area (Å²) in [7, 11) is 0. The Kier molecular flexibility index (Phi) is 1.97. The van der Waals surface area contributed by atoms with Crippen LogP contribution in [-0.4, -0.2) is 4.98 Å². The summed E-state index contributed by atoms with van der Waals surface area (Å²) in [5.74, 6) is 0. The van der Waals surface area contributed by atoms with Gasteiger partial charge in [-0.15, -0.1) is 0 Å². The topological polar surface area (TPSA) is 56.6 Å². The second kappa shape index (κ2) is 2.77. The summed E-state index contributed by atoms with van der Waals surface area (Å²) in [6.07, 6.45) is 1.31. The Morgan fingerprint density at radius 1 is 1.73 bits per heavy atom. The summed E-state index contributed by atoms with van der Waals surface area (Å²) in [6.45, 7) is 1.56. The van der Waals surface area contributed by atoms with Gasteiger partial charge >= 0.3 is 0 Å². The van der Waals surface area contributed by atoms with E-state index >= 15 is 0 Å². The highest BCUT2D eigenvalue weighted by Gasteiger charge is 2.05. The normalized spacial score (nSPS) is 9.18. The number of rotatable bonds is 0. The lowest BCUT2D eigenvalue weighted by Crippen LogP contribution is -2.10. The van der Waals surface area contributed by atoms with Crippen molar-refractivity contribution in [2.75, 3.05) is 0 Å². The molecule has 1 heterocycles. The van der Waals surface area contributed by atoms with Gasteiger partial charge in [-0.05, 0) is 6.92 Å². The number of hydrogen-bond acceptors (Lipinski definition) is 2. The SMILES string of the molecule is Cc1c(C#N)c(Cl)c[nH]c1=O. The van der Waals surface area contributed by atoms with Crippen molar-refractivity contribution >= 4 is 11.6 Å². The van der Waals surface area contributed by atoms with Crippen LogP contribution >= 0.6 is 11.6 Å². The van der Waals surface area contributed by atoms with E-state index < -0.39 is 0 Å². The van der Waals surface area contributed by atoms with Gasteiger partial charge in [-0.25, -0.2) is 0 Å². The average Bonchev–Trinajstić information content (AvgIpc) is 1.99. The lowest BCUT2D eigenvalue weighted by Gasteiger charge is -1.95. The van der Waals surface area contributed by atoms with Crippen molar-refractivity contribution in [1.29, 1.82) is 5.26 Å². The first kappa shape index (κ1) is 7.83. The van der Waals surface area contributed by atoms with Gasteiger partial charge in [0.1, 0.15) is 6.07 Å². The quantitative estimate of drug-likeness (QED) is 0.633. The number of nitrogens with one attached hydrogen (secondary N) is 1. The molecule has 4 heteroatoms. The van der Waals surface area contributed by atoms with E-state index in [2.05, 4.69) is 4.98 Å². The highest BCUT2D eigenvalue weighted by molar-refractivity contribution is 6.31. The van der Waals surface area contributed by atoms with Crippen LogP contribution in [-0.2, 0) is 0 Å².